The topological polar surface area (TPSA) is 20.3 Å². The van der Waals surface area contributed by atoms with Crippen molar-refractivity contribution in [1.29, 1.82) is 0 Å². The predicted molar refractivity (Wildman–Crippen MR) is 71.0 cm³/mol. The minimum absolute atomic E-state index is 0.463. The number of nitrogens with zero attached hydrogens (tertiary/aromatic N) is 1. The Bertz CT molecular complexity index is 261. The van der Waals surface area contributed by atoms with Crippen molar-refractivity contribution in [3.05, 3.63) is 0 Å². The van der Waals surface area contributed by atoms with E-state index in [1.165, 1.54) is 25.7 Å². The van der Waals surface area contributed by atoms with Gasteiger partial charge in [0.2, 0.25) is 0 Å². The lowest BCUT2D eigenvalue weighted by atomic mass is 9.71. The maximum Gasteiger partial charge on any atom is 0.135 e. The first-order valence-corrected chi connectivity index (χ1v) is 7.22. The zero-order chi connectivity index (χ0) is 12.5. The van der Waals surface area contributed by atoms with E-state index in [1.54, 1.807) is 0 Å². The molecule has 1 saturated heterocycles. The van der Waals surface area contributed by atoms with Gasteiger partial charge < -0.3 is 0 Å². The minimum atomic E-state index is 0.463. The van der Waals surface area contributed by atoms with E-state index in [2.05, 4.69) is 25.7 Å². The highest BCUT2D eigenvalue weighted by molar-refractivity contribution is 5.79. The molecular formula is C15H27NO. The smallest absolute Gasteiger partial charge is 0.135 e. The van der Waals surface area contributed by atoms with Crippen LogP contribution in [-0.4, -0.2) is 29.8 Å². The summed E-state index contributed by atoms with van der Waals surface area (Å²) in [5, 5.41) is 0. The summed E-state index contributed by atoms with van der Waals surface area (Å²) >= 11 is 0. The van der Waals surface area contributed by atoms with Crippen molar-refractivity contribution in [1.82, 2.24) is 4.90 Å². The zero-order valence-corrected chi connectivity index (χ0v) is 11.7. The lowest BCUT2D eigenvalue weighted by molar-refractivity contribution is -0.122. The van der Waals surface area contributed by atoms with Crippen molar-refractivity contribution in [2.45, 2.75) is 65.3 Å². The molecule has 98 valence electrons. The van der Waals surface area contributed by atoms with Crippen LogP contribution in [0.3, 0.4) is 0 Å². The molecule has 0 spiro atoms. The summed E-state index contributed by atoms with van der Waals surface area (Å²) in [5.41, 5.74) is 0.475. The lowest BCUT2D eigenvalue weighted by Gasteiger charge is -2.42. The Morgan fingerprint density at radius 1 is 1.00 bits per heavy atom. The minimum Gasteiger partial charge on any atom is -0.300 e. The number of piperidine rings is 1. The first-order chi connectivity index (χ1) is 7.97. The highest BCUT2D eigenvalue weighted by atomic mass is 16.1. The molecule has 0 N–H and O–H groups in total. The van der Waals surface area contributed by atoms with Crippen LogP contribution in [0.4, 0.5) is 0 Å². The van der Waals surface area contributed by atoms with Crippen LogP contribution in [0, 0.1) is 11.3 Å². The number of likely N-dealkylation sites (tertiary alicyclic amines) is 1. The van der Waals surface area contributed by atoms with Crippen LogP contribution in [0.2, 0.25) is 0 Å². The summed E-state index contributed by atoms with van der Waals surface area (Å²) in [7, 11) is 0. The van der Waals surface area contributed by atoms with Crippen LogP contribution in [0.5, 0.6) is 0 Å². The van der Waals surface area contributed by atoms with E-state index >= 15 is 0 Å². The summed E-state index contributed by atoms with van der Waals surface area (Å²) < 4.78 is 0. The normalized spacial score (nSPS) is 32.8. The van der Waals surface area contributed by atoms with Gasteiger partial charge >= 0.3 is 0 Å². The molecule has 1 aliphatic carbocycles. The van der Waals surface area contributed by atoms with Crippen LogP contribution in [-0.2, 0) is 4.79 Å². The van der Waals surface area contributed by atoms with E-state index in [0.29, 0.717) is 11.2 Å². The number of carbonyl (C=O) groups is 1. The average molecular weight is 237 g/mol. The van der Waals surface area contributed by atoms with E-state index in [9.17, 15) is 4.79 Å². The van der Waals surface area contributed by atoms with Gasteiger partial charge in [-0.2, -0.15) is 0 Å². The Labute approximate surface area is 106 Å². The van der Waals surface area contributed by atoms with Gasteiger partial charge in [0.1, 0.15) is 5.78 Å². The third-order valence-corrected chi connectivity index (χ3v) is 4.79. The van der Waals surface area contributed by atoms with E-state index in [1.807, 2.05) is 0 Å². The molecule has 0 unspecified atom stereocenters. The molecule has 0 aromatic carbocycles. The predicted octanol–water partition coefficient (Wildman–Crippen LogP) is 3.26. The molecule has 0 aromatic rings. The fourth-order valence-electron chi connectivity index (χ4n) is 3.45. The van der Waals surface area contributed by atoms with Gasteiger partial charge in [-0.3, -0.25) is 9.69 Å². The summed E-state index contributed by atoms with van der Waals surface area (Å²) in [6.07, 6.45) is 7.02. The van der Waals surface area contributed by atoms with Crippen molar-refractivity contribution < 1.29 is 4.79 Å². The number of rotatable bonds is 1. The van der Waals surface area contributed by atoms with Crippen LogP contribution < -0.4 is 0 Å². The van der Waals surface area contributed by atoms with Crippen molar-refractivity contribution in [2.75, 3.05) is 13.1 Å². The number of hydrogen-bond acceptors (Lipinski definition) is 2. The number of carbonyl (C=O) groups excluding carboxylic acids is 1. The molecule has 2 heteroatoms. The van der Waals surface area contributed by atoms with E-state index in [0.717, 1.165) is 37.9 Å². The quantitative estimate of drug-likeness (QED) is 0.697. The third-order valence-electron chi connectivity index (χ3n) is 4.79. The van der Waals surface area contributed by atoms with E-state index < -0.39 is 0 Å². The number of ketones is 1. The van der Waals surface area contributed by atoms with Gasteiger partial charge in [0, 0.05) is 32.0 Å². The Kier molecular flexibility index (Phi) is 3.92. The average Bonchev–Trinajstić information content (AvgIpc) is 2.29. The molecule has 2 aliphatic rings. The van der Waals surface area contributed by atoms with Crippen molar-refractivity contribution in [2.24, 2.45) is 11.3 Å². The van der Waals surface area contributed by atoms with Gasteiger partial charge in [0.25, 0.3) is 0 Å². The van der Waals surface area contributed by atoms with E-state index in [4.69, 9.17) is 0 Å². The third kappa shape index (κ3) is 3.31. The van der Waals surface area contributed by atoms with Gasteiger partial charge in [-0.25, -0.2) is 0 Å². The largest absolute Gasteiger partial charge is 0.300 e. The second kappa shape index (κ2) is 5.09. The number of Topliss-reactive ketones (excluding diaryl/α,β-unsaturated/α-hetero) is 1. The molecule has 1 heterocycles. The molecular weight excluding hydrogens is 210 g/mol. The first-order valence-electron chi connectivity index (χ1n) is 7.22. The van der Waals surface area contributed by atoms with Gasteiger partial charge in [0.15, 0.2) is 0 Å². The molecule has 1 aliphatic heterocycles. The standard InChI is InChI=1S/C15H27NO/c1-15(2,3)12-4-6-13(7-5-12)16-10-8-14(17)9-11-16/h12-13H,4-11H2,1-3H3. The molecule has 0 aromatic heterocycles. The van der Waals surface area contributed by atoms with Crippen molar-refractivity contribution in [3.63, 3.8) is 0 Å². The van der Waals surface area contributed by atoms with Gasteiger partial charge in [-0.1, -0.05) is 20.8 Å². The van der Waals surface area contributed by atoms with Crippen LogP contribution in [0.1, 0.15) is 59.3 Å². The van der Waals surface area contributed by atoms with Crippen molar-refractivity contribution >= 4 is 5.78 Å². The second-order valence-corrected chi connectivity index (χ2v) is 6.95. The molecule has 17 heavy (non-hydrogen) atoms. The maximum atomic E-state index is 11.2. The fraction of sp³-hybridized carbons (Fsp3) is 0.933. The fourth-order valence-corrected chi connectivity index (χ4v) is 3.45. The molecule has 2 fully saturated rings. The highest BCUT2D eigenvalue weighted by Gasteiger charge is 2.32. The number of hydrogen-bond donors (Lipinski definition) is 0. The Morgan fingerprint density at radius 2 is 1.53 bits per heavy atom. The molecule has 0 bridgehead atoms. The SMILES string of the molecule is CC(C)(C)C1CCC(N2CCC(=O)CC2)CC1. The van der Waals surface area contributed by atoms with Crippen LogP contribution in [0.25, 0.3) is 0 Å². The molecule has 1 saturated carbocycles. The van der Waals surface area contributed by atoms with E-state index in [-0.39, 0.29) is 0 Å². The van der Waals surface area contributed by atoms with Gasteiger partial charge in [-0.15, -0.1) is 0 Å². The summed E-state index contributed by atoms with van der Waals surface area (Å²) in [5.74, 6) is 1.36. The summed E-state index contributed by atoms with van der Waals surface area (Å²) in [6, 6.07) is 0.765. The Morgan fingerprint density at radius 3 is 2.00 bits per heavy atom. The van der Waals surface area contributed by atoms with Gasteiger partial charge in [0.05, 0.1) is 0 Å². The zero-order valence-electron chi connectivity index (χ0n) is 11.7. The maximum absolute atomic E-state index is 11.2. The molecule has 2 rings (SSSR count). The van der Waals surface area contributed by atoms with Crippen LogP contribution >= 0.6 is 0 Å². The van der Waals surface area contributed by atoms with Crippen molar-refractivity contribution in [3.8, 4) is 0 Å². The highest BCUT2D eigenvalue weighted by Crippen LogP contribution is 2.39. The molecule has 0 amide bonds. The van der Waals surface area contributed by atoms with Crippen LogP contribution in [0.15, 0.2) is 0 Å². The Hall–Kier alpha value is -0.370. The summed E-state index contributed by atoms with van der Waals surface area (Å²) in [4.78, 5) is 13.8. The van der Waals surface area contributed by atoms with Gasteiger partial charge in [-0.05, 0) is 37.0 Å². The second-order valence-electron chi connectivity index (χ2n) is 6.95. The molecule has 0 radical (unpaired) electrons. The Balaban J connectivity index is 1.81. The molecule has 2 nitrogen and oxygen atoms in total. The summed E-state index contributed by atoms with van der Waals surface area (Å²) in [6.45, 7) is 9.15. The lowest BCUT2D eigenvalue weighted by Crippen LogP contribution is -2.44. The molecule has 0 atom stereocenters. The monoisotopic (exact) mass is 237 g/mol. The first kappa shape index (κ1) is 13.1.